The summed E-state index contributed by atoms with van der Waals surface area (Å²) in [5.74, 6) is -0.295. The van der Waals surface area contributed by atoms with Crippen LogP contribution in [-0.4, -0.2) is 48.0 Å². The Morgan fingerprint density at radius 3 is 2.45 bits per heavy atom. The van der Waals surface area contributed by atoms with Gasteiger partial charge in [-0.15, -0.1) is 0 Å². The van der Waals surface area contributed by atoms with Crippen LogP contribution in [0.15, 0.2) is 42.5 Å². The molecular formula is C27H25Cl2FN4O3S. The van der Waals surface area contributed by atoms with Crippen molar-refractivity contribution in [1.29, 1.82) is 0 Å². The minimum Gasteiger partial charge on any atom is -0.283 e. The molecule has 1 N–H and O–H groups in total. The number of rotatable bonds is 4. The number of sulfone groups is 1. The molecule has 11 heteroatoms. The van der Waals surface area contributed by atoms with Crippen molar-refractivity contribution in [3.05, 3.63) is 80.8 Å². The Morgan fingerprint density at radius 1 is 1.05 bits per heavy atom. The Kier molecular flexibility index (Phi) is 6.58. The van der Waals surface area contributed by atoms with Crippen LogP contribution in [0, 0.1) is 17.7 Å². The molecule has 1 saturated heterocycles. The van der Waals surface area contributed by atoms with Gasteiger partial charge in [-0.25, -0.2) is 22.5 Å². The summed E-state index contributed by atoms with van der Waals surface area (Å²) in [6.45, 7) is 1.53. The molecule has 2 aromatic carbocycles. The van der Waals surface area contributed by atoms with Gasteiger partial charge in [0.2, 0.25) is 0 Å². The molecule has 38 heavy (non-hydrogen) atoms. The van der Waals surface area contributed by atoms with Gasteiger partial charge in [-0.3, -0.25) is 10.2 Å². The maximum atomic E-state index is 13.8. The highest BCUT2D eigenvalue weighted by Crippen LogP contribution is 2.38. The molecule has 7 nitrogen and oxygen atoms in total. The highest BCUT2D eigenvalue weighted by molar-refractivity contribution is 7.91. The van der Waals surface area contributed by atoms with Crippen LogP contribution in [-0.2, 0) is 15.6 Å². The zero-order valence-corrected chi connectivity index (χ0v) is 22.7. The maximum absolute atomic E-state index is 13.8. The fourth-order valence-electron chi connectivity index (χ4n) is 5.88. The summed E-state index contributed by atoms with van der Waals surface area (Å²) < 4.78 is 41.0. The topological polar surface area (TPSA) is 84.3 Å². The first-order valence-corrected chi connectivity index (χ1v) is 15.0. The molecule has 2 fully saturated rings. The van der Waals surface area contributed by atoms with Crippen molar-refractivity contribution >= 4 is 50.6 Å². The van der Waals surface area contributed by atoms with Crippen molar-refractivity contribution in [2.75, 3.05) is 18.8 Å². The average molecular weight is 575 g/mol. The van der Waals surface area contributed by atoms with Gasteiger partial charge < -0.3 is 0 Å². The number of amides is 1. The van der Waals surface area contributed by atoms with E-state index in [4.69, 9.17) is 28.3 Å². The molecule has 0 spiro atoms. The zero-order chi connectivity index (χ0) is 26.6. The largest absolute Gasteiger partial charge is 0.284 e. The number of hydrogen-bond acceptors (Lipinski definition) is 5. The van der Waals surface area contributed by atoms with Gasteiger partial charge in [0.1, 0.15) is 11.5 Å². The molecule has 2 atom stereocenters. The third-order valence-electron chi connectivity index (χ3n) is 7.58. The summed E-state index contributed by atoms with van der Waals surface area (Å²) in [6, 6.07) is 10.6. The second-order valence-electron chi connectivity index (χ2n) is 10.2. The second kappa shape index (κ2) is 9.79. The van der Waals surface area contributed by atoms with E-state index in [0.29, 0.717) is 44.9 Å². The molecule has 2 aliphatic heterocycles. The Labute approximate surface area is 230 Å². The number of carbonyl (C=O) groups is 1. The molecule has 3 heterocycles. The summed E-state index contributed by atoms with van der Waals surface area (Å²) >= 11 is 12.6. The van der Waals surface area contributed by atoms with E-state index >= 15 is 0 Å². The number of nitrogens with zero attached hydrogens (tertiary/aromatic N) is 3. The molecule has 1 amide bonds. The van der Waals surface area contributed by atoms with E-state index in [-0.39, 0.29) is 22.2 Å². The quantitative estimate of drug-likeness (QED) is 0.465. The lowest BCUT2D eigenvalue weighted by atomic mass is 10.0. The highest BCUT2D eigenvalue weighted by atomic mass is 35.5. The third kappa shape index (κ3) is 4.88. The molecule has 6 rings (SSSR count). The molecule has 1 aliphatic carbocycles. The number of aromatic nitrogens is 2. The summed E-state index contributed by atoms with van der Waals surface area (Å²) in [7, 11) is -3.60. The Morgan fingerprint density at radius 2 is 1.76 bits per heavy atom. The Balaban J connectivity index is 1.47. The minimum atomic E-state index is -3.60. The van der Waals surface area contributed by atoms with Crippen LogP contribution in [0.5, 0.6) is 0 Å². The van der Waals surface area contributed by atoms with E-state index in [2.05, 4.69) is 5.43 Å². The number of hydrogen-bond donors (Lipinski definition) is 1. The lowest BCUT2D eigenvalue weighted by Gasteiger charge is -2.20. The fourth-order valence-corrected chi connectivity index (χ4v) is 7.87. The molecule has 0 bridgehead atoms. The first kappa shape index (κ1) is 25.6. The van der Waals surface area contributed by atoms with Gasteiger partial charge in [0, 0.05) is 23.7 Å². The fraction of sp³-hybridized carbons (Fsp3) is 0.333. The molecule has 2 unspecified atom stereocenters. The van der Waals surface area contributed by atoms with Crippen LogP contribution in [0.4, 0.5) is 4.39 Å². The zero-order valence-electron chi connectivity index (χ0n) is 20.3. The van der Waals surface area contributed by atoms with Crippen LogP contribution < -0.4 is 5.43 Å². The number of benzene rings is 2. The van der Waals surface area contributed by atoms with Gasteiger partial charge in [0.15, 0.2) is 9.84 Å². The number of fused-ring (bicyclic) bond motifs is 2. The van der Waals surface area contributed by atoms with Crippen molar-refractivity contribution in [2.24, 2.45) is 11.8 Å². The Bertz CT molecular complexity index is 1560. The maximum Gasteiger partial charge on any atom is 0.284 e. The summed E-state index contributed by atoms with van der Waals surface area (Å²) in [5, 5.41) is 7.35. The monoisotopic (exact) mass is 574 g/mol. The van der Waals surface area contributed by atoms with Gasteiger partial charge in [-0.1, -0.05) is 41.8 Å². The van der Waals surface area contributed by atoms with E-state index in [1.54, 1.807) is 36.4 Å². The van der Waals surface area contributed by atoms with Crippen molar-refractivity contribution in [3.8, 4) is 5.69 Å². The number of nitrogens with one attached hydrogen (secondary N) is 1. The standard InChI is InChI=1S/C27H25Cl2FN4O3S/c28-20-6-9-24(23(29)11-20)34-26(27(35)32-33-12-17-2-1-3-18(17)13-33)22-15-38(36,37)14-19(25(22)31-34)10-16-4-7-21(30)8-5-16/h4-11,17-18H,1-3,12-15H2,(H,32,35). The molecule has 1 saturated carbocycles. The van der Waals surface area contributed by atoms with Gasteiger partial charge in [0.05, 0.1) is 27.9 Å². The Hall–Kier alpha value is -2.72. The van der Waals surface area contributed by atoms with Crippen molar-refractivity contribution in [1.82, 2.24) is 20.2 Å². The van der Waals surface area contributed by atoms with Gasteiger partial charge in [-0.2, -0.15) is 5.10 Å². The van der Waals surface area contributed by atoms with Crippen molar-refractivity contribution < 1.29 is 17.6 Å². The normalized spacial score (nSPS) is 23.4. The molecule has 0 radical (unpaired) electrons. The molecular weight excluding hydrogens is 550 g/mol. The van der Waals surface area contributed by atoms with Crippen LogP contribution in [0.25, 0.3) is 17.3 Å². The van der Waals surface area contributed by atoms with E-state index in [9.17, 15) is 17.6 Å². The molecule has 3 aromatic rings. The summed E-state index contributed by atoms with van der Waals surface area (Å²) in [6.07, 6.45) is 5.19. The smallest absolute Gasteiger partial charge is 0.283 e. The first-order chi connectivity index (χ1) is 18.2. The van der Waals surface area contributed by atoms with Gasteiger partial charge in [-0.05, 0) is 72.2 Å². The SMILES string of the molecule is O=C(NN1CC2CCCC2C1)c1c2c(nn1-c1ccc(Cl)cc1Cl)C(=Cc1ccc(F)cc1)CS(=O)(=O)C2. The first-order valence-electron chi connectivity index (χ1n) is 12.5. The van der Waals surface area contributed by atoms with Crippen LogP contribution >= 0.6 is 23.2 Å². The van der Waals surface area contributed by atoms with Crippen LogP contribution in [0.3, 0.4) is 0 Å². The molecule has 198 valence electrons. The lowest BCUT2D eigenvalue weighted by molar-refractivity contribution is 0.0805. The van der Waals surface area contributed by atoms with Crippen molar-refractivity contribution in [2.45, 2.75) is 25.0 Å². The molecule has 1 aromatic heterocycles. The number of halogens is 3. The van der Waals surface area contributed by atoms with E-state index in [1.807, 2.05) is 5.01 Å². The minimum absolute atomic E-state index is 0.120. The second-order valence-corrected chi connectivity index (χ2v) is 13.1. The van der Waals surface area contributed by atoms with Crippen molar-refractivity contribution in [3.63, 3.8) is 0 Å². The third-order valence-corrected chi connectivity index (χ3v) is 9.59. The predicted octanol–water partition coefficient (Wildman–Crippen LogP) is 5.16. The average Bonchev–Trinajstić information content (AvgIpc) is 3.53. The van der Waals surface area contributed by atoms with E-state index in [1.165, 1.54) is 23.2 Å². The summed E-state index contributed by atoms with van der Waals surface area (Å²) in [5.41, 5.74) is 5.30. The lowest BCUT2D eigenvalue weighted by Crippen LogP contribution is -2.42. The number of hydrazine groups is 1. The van der Waals surface area contributed by atoms with E-state index < -0.39 is 21.6 Å². The number of carbonyl (C=O) groups excluding carboxylic acids is 1. The van der Waals surface area contributed by atoms with Gasteiger partial charge in [0.25, 0.3) is 5.91 Å². The molecule has 3 aliphatic rings. The summed E-state index contributed by atoms with van der Waals surface area (Å²) in [4.78, 5) is 13.8. The highest BCUT2D eigenvalue weighted by Gasteiger charge is 2.39. The van der Waals surface area contributed by atoms with Gasteiger partial charge >= 0.3 is 0 Å². The van der Waals surface area contributed by atoms with E-state index in [0.717, 1.165) is 25.9 Å². The van der Waals surface area contributed by atoms with Crippen LogP contribution in [0.1, 0.15) is 46.6 Å². The predicted molar refractivity (Wildman–Crippen MR) is 145 cm³/mol. The van der Waals surface area contributed by atoms with Crippen LogP contribution in [0.2, 0.25) is 10.0 Å².